The second-order valence-corrected chi connectivity index (χ2v) is 6.26. The Balaban J connectivity index is 0.00000171. The molecule has 0 aliphatic carbocycles. The first kappa shape index (κ1) is 18.7. The van der Waals surface area contributed by atoms with Crippen molar-refractivity contribution in [1.29, 1.82) is 0 Å². The monoisotopic (exact) mass is 404 g/mol. The number of rotatable bonds is 5. The fourth-order valence-electron chi connectivity index (χ4n) is 2.91. The highest BCUT2D eigenvalue weighted by molar-refractivity contribution is 5.95. The number of para-hydroxylation sites is 1. The van der Waals surface area contributed by atoms with Crippen LogP contribution < -0.4 is 10.6 Å². The molecule has 0 saturated heterocycles. The maximum atomic E-state index is 12.3. The predicted octanol–water partition coefficient (Wildman–Crippen LogP) is 3.76. The van der Waals surface area contributed by atoms with Crippen molar-refractivity contribution in [1.82, 2.24) is 25.3 Å². The maximum absolute atomic E-state index is 12.3. The molecular weight excluding hydrogens is 385 g/mol. The number of halogens is 3. The molecule has 0 spiro atoms. The molecule has 0 atom stereocenters. The van der Waals surface area contributed by atoms with Crippen molar-refractivity contribution >= 4 is 33.7 Å². The van der Waals surface area contributed by atoms with Gasteiger partial charge in [-0.25, -0.2) is 15.0 Å². The van der Waals surface area contributed by atoms with E-state index in [1.165, 1.54) is 0 Å². The van der Waals surface area contributed by atoms with Gasteiger partial charge in [0.1, 0.15) is 18.0 Å². The number of H-pyrrole nitrogens is 1. The van der Waals surface area contributed by atoms with Gasteiger partial charge < -0.3 is 15.6 Å². The highest BCUT2D eigenvalue weighted by Gasteiger charge is 2.27. The van der Waals surface area contributed by atoms with Crippen LogP contribution in [0.25, 0.3) is 33.3 Å². The molecule has 3 aromatic heterocycles. The highest BCUT2D eigenvalue weighted by atomic mass is 19.4. The first-order valence-corrected chi connectivity index (χ1v) is 8.67. The normalized spacial score (nSPS) is 11.7. The number of amides is 1. The van der Waals surface area contributed by atoms with Crippen LogP contribution in [0.1, 0.15) is 2.85 Å². The van der Waals surface area contributed by atoms with Gasteiger partial charge in [0.15, 0.2) is 5.82 Å². The van der Waals surface area contributed by atoms with Gasteiger partial charge in [0.2, 0.25) is 5.91 Å². The molecule has 0 aliphatic heterocycles. The van der Waals surface area contributed by atoms with E-state index in [1.54, 1.807) is 36.7 Å². The van der Waals surface area contributed by atoms with Crippen molar-refractivity contribution < 1.29 is 20.8 Å². The van der Waals surface area contributed by atoms with E-state index < -0.39 is 18.6 Å². The molecule has 10 heteroatoms. The van der Waals surface area contributed by atoms with Gasteiger partial charge in [-0.15, -0.1) is 0 Å². The lowest BCUT2D eigenvalue weighted by Crippen LogP contribution is -2.37. The van der Waals surface area contributed by atoms with Gasteiger partial charge in [0.05, 0.1) is 12.1 Å². The van der Waals surface area contributed by atoms with E-state index in [9.17, 15) is 18.0 Å². The van der Waals surface area contributed by atoms with Crippen molar-refractivity contribution in [2.45, 2.75) is 6.18 Å². The summed E-state index contributed by atoms with van der Waals surface area (Å²) in [6, 6.07) is 10.8. The topological polar surface area (TPSA) is 95.6 Å². The molecule has 0 bridgehead atoms. The zero-order valence-corrected chi connectivity index (χ0v) is 14.9. The molecule has 1 aromatic carbocycles. The number of anilines is 1. The van der Waals surface area contributed by atoms with Crippen LogP contribution in [0.3, 0.4) is 0 Å². The van der Waals surface area contributed by atoms with E-state index in [2.05, 4.69) is 25.3 Å². The van der Waals surface area contributed by atoms with Gasteiger partial charge in [-0.3, -0.25) is 4.79 Å². The summed E-state index contributed by atoms with van der Waals surface area (Å²) in [6.45, 7) is -1.74. The number of aromatic amines is 1. The molecule has 3 heterocycles. The van der Waals surface area contributed by atoms with Crippen LogP contribution in [0.5, 0.6) is 0 Å². The molecule has 0 radical (unpaired) electrons. The molecule has 0 saturated carbocycles. The van der Waals surface area contributed by atoms with E-state index in [-0.39, 0.29) is 9.40 Å². The summed E-state index contributed by atoms with van der Waals surface area (Å²) < 4.78 is 36.8. The van der Waals surface area contributed by atoms with Crippen LogP contribution in [0.4, 0.5) is 19.0 Å². The number of pyridine rings is 1. The maximum Gasteiger partial charge on any atom is 0.405 e. The average molecular weight is 404 g/mol. The molecule has 0 aliphatic rings. The minimum Gasteiger partial charge on any atom is -0.360 e. The third-order valence-electron chi connectivity index (χ3n) is 4.21. The summed E-state index contributed by atoms with van der Waals surface area (Å²) in [5, 5.41) is 6.13. The quantitative estimate of drug-likeness (QED) is 0.471. The summed E-state index contributed by atoms with van der Waals surface area (Å²) in [5.41, 5.74) is 2.06. The van der Waals surface area contributed by atoms with Crippen molar-refractivity contribution in [2.75, 3.05) is 18.4 Å². The average Bonchev–Trinajstić information content (AvgIpc) is 3.18. The second-order valence-electron chi connectivity index (χ2n) is 6.26. The van der Waals surface area contributed by atoms with Gasteiger partial charge in [-0.1, -0.05) is 12.1 Å². The summed E-state index contributed by atoms with van der Waals surface area (Å²) in [5.74, 6) is -0.0225. The lowest BCUT2D eigenvalue weighted by molar-refractivity contribution is -0.137. The Hall–Kier alpha value is -3.69. The number of hydrogen-bond donors (Lipinski definition) is 3. The summed E-state index contributed by atoms with van der Waals surface area (Å²) in [6.07, 6.45) is -1.08. The van der Waals surface area contributed by atoms with Gasteiger partial charge in [-0.2, -0.15) is 13.2 Å². The Labute approximate surface area is 165 Å². The van der Waals surface area contributed by atoms with E-state index >= 15 is 0 Å². The van der Waals surface area contributed by atoms with E-state index in [0.717, 1.165) is 10.9 Å². The number of aromatic nitrogens is 4. The number of nitrogens with zero attached hydrogens (tertiary/aromatic N) is 3. The minimum absolute atomic E-state index is 0. The molecule has 7 nitrogen and oxygen atoms in total. The van der Waals surface area contributed by atoms with Gasteiger partial charge in [-0.05, 0) is 24.3 Å². The fourth-order valence-corrected chi connectivity index (χ4v) is 2.91. The predicted molar refractivity (Wildman–Crippen MR) is 106 cm³/mol. The Morgan fingerprint density at radius 2 is 1.93 bits per heavy atom. The van der Waals surface area contributed by atoms with Crippen LogP contribution >= 0.6 is 0 Å². The number of nitrogens with one attached hydrogen (secondary N) is 3. The lowest BCUT2D eigenvalue weighted by Gasteiger charge is -2.12. The number of hydrogen-bond acceptors (Lipinski definition) is 5. The Morgan fingerprint density at radius 1 is 1.10 bits per heavy atom. The Bertz CT molecular complexity index is 1200. The van der Waals surface area contributed by atoms with Crippen molar-refractivity contribution in [2.24, 2.45) is 0 Å². The largest absolute Gasteiger partial charge is 0.405 e. The summed E-state index contributed by atoms with van der Waals surface area (Å²) >= 11 is 0. The molecule has 152 valence electrons. The third kappa shape index (κ3) is 4.10. The molecule has 0 unspecified atom stereocenters. The standard InChI is InChI=1S/C19H15F3N6O.2H2/c20-19(21,22)10-26-15(29)9-25-17-13-3-1-2-4-14(13)27-18(28-17)12-6-8-24-16-11(12)5-7-23-16;;/h1-8H,9-10H2,(H,23,24)(H,26,29)(H,25,27,28);2*1H. The van der Waals surface area contributed by atoms with Crippen LogP contribution in [-0.4, -0.2) is 45.1 Å². The van der Waals surface area contributed by atoms with Crippen molar-refractivity contribution in [3.05, 3.63) is 48.8 Å². The van der Waals surface area contributed by atoms with Gasteiger partial charge >= 0.3 is 6.18 Å². The van der Waals surface area contributed by atoms with Crippen molar-refractivity contribution in [3.8, 4) is 11.4 Å². The molecule has 1 amide bonds. The SMILES string of the molecule is O=C(CNc1nc(-c2ccnc3[nH]ccc23)nc2ccccc12)NCC(F)(F)F.[HH].[HH]. The highest BCUT2D eigenvalue weighted by Crippen LogP contribution is 2.28. The van der Waals surface area contributed by atoms with Gasteiger partial charge in [0.25, 0.3) is 0 Å². The van der Waals surface area contributed by atoms with Gasteiger partial charge in [0, 0.05) is 31.6 Å². The third-order valence-corrected chi connectivity index (χ3v) is 4.21. The van der Waals surface area contributed by atoms with E-state index in [0.29, 0.717) is 28.2 Å². The van der Waals surface area contributed by atoms with Crippen molar-refractivity contribution in [3.63, 3.8) is 0 Å². The number of carbonyl (C=O) groups is 1. The zero-order valence-electron chi connectivity index (χ0n) is 14.9. The zero-order chi connectivity index (χ0) is 20.4. The van der Waals surface area contributed by atoms with Crippen LogP contribution in [0.2, 0.25) is 0 Å². The molecule has 29 heavy (non-hydrogen) atoms. The van der Waals surface area contributed by atoms with Crippen LogP contribution in [-0.2, 0) is 4.79 Å². The summed E-state index contributed by atoms with van der Waals surface area (Å²) in [4.78, 5) is 28.1. The van der Waals surface area contributed by atoms with Crippen LogP contribution in [0.15, 0.2) is 48.8 Å². The molecule has 3 N–H and O–H groups in total. The van der Waals surface area contributed by atoms with E-state index in [1.807, 2.05) is 17.4 Å². The van der Waals surface area contributed by atoms with E-state index in [4.69, 9.17) is 0 Å². The molecule has 4 aromatic rings. The fraction of sp³-hybridized carbons (Fsp3) is 0.158. The Kier molecular flexibility index (Phi) is 4.75. The minimum atomic E-state index is -4.46. The first-order chi connectivity index (χ1) is 13.9. The molecular formula is C19H19F3N6O. The lowest BCUT2D eigenvalue weighted by atomic mass is 10.1. The Morgan fingerprint density at radius 3 is 2.76 bits per heavy atom. The smallest absolute Gasteiger partial charge is 0.360 e. The van der Waals surface area contributed by atoms with Crippen LogP contribution in [0, 0.1) is 0 Å². The number of fused-ring (bicyclic) bond motifs is 2. The number of carbonyl (C=O) groups excluding carboxylic acids is 1. The number of alkyl halides is 3. The molecule has 0 fully saturated rings. The summed E-state index contributed by atoms with van der Waals surface area (Å²) in [7, 11) is 0. The second kappa shape index (κ2) is 7.38. The number of benzene rings is 1. The molecule has 4 rings (SSSR count). The first-order valence-electron chi connectivity index (χ1n) is 8.67.